The summed E-state index contributed by atoms with van der Waals surface area (Å²) in [7, 11) is 0. The molecule has 9 aromatic rings. The molecule has 2 aromatic heterocycles. The molecule has 1 aliphatic rings. The second kappa shape index (κ2) is 10.4. The van der Waals surface area contributed by atoms with Crippen LogP contribution in [0.3, 0.4) is 0 Å². The molecule has 0 bridgehead atoms. The second-order valence-electron chi connectivity index (χ2n) is 13.5. The fourth-order valence-electron chi connectivity index (χ4n) is 8.13. The van der Waals surface area contributed by atoms with Crippen LogP contribution in [0.25, 0.3) is 66.0 Å². The molecule has 0 saturated heterocycles. The number of fused-ring (bicyclic) bond motifs is 9. The first-order chi connectivity index (χ1) is 24.1. The molecule has 0 amide bonds. The van der Waals surface area contributed by atoms with Crippen molar-refractivity contribution in [2.45, 2.75) is 19.3 Å². The predicted octanol–water partition coefficient (Wildman–Crippen LogP) is 12.7. The molecule has 3 nitrogen and oxygen atoms in total. The van der Waals surface area contributed by atoms with Gasteiger partial charge in [-0.05, 0) is 59.2 Å². The summed E-state index contributed by atoms with van der Waals surface area (Å²) < 4.78 is 6.83. The van der Waals surface area contributed by atoms with Crippen LogP contribution in [-0.4, -0.2) is 4.98 Å². The van der Waals surface area contributed by atoms with Gasteiger partial charge < -0.3 is 9.32 Å². The number of aromatic nitrogens is 1. The maximum Gasteiger partial charge on any atom is 0.143 e. The lowest BCUT2D eigenvalue weighted by molar-refractivity contribution is 0.632. The zero-order valence-electron chi connectivity index (χ0n) is 27.3. The Morgan fingerprint density at radius 1 is 0.531 bits per heavy atom. The van der Waals surface area contributed by atoms with Crippen molar-refractivity contribution >= 4 is 60.7 Å². The van der Waals surface area contributed by atoms with E-state index in [1.165, 1.54) is 27.9 Å². The van der Waals surface area contributed by atoms with Crippen molar-refractivity contribution in [3.8, 4) is 22.4 Å². The summed E-state index contributed by atoms with van der Waals surface area (Å²) in [5.74, 6) is 0. The van der Waals surface area contributed by atoms with Gasteiger partial charge in [-0.1, -0.05) is 129 Å². The van der Waals surface area contributed by atoms with Crippen LogP contribution >= 0.6 is 0 Å². The van der Waals surface area contributed by atoms with E-state index in [2.05, 4.69) is 176 Å². The van der Waals surface area contributed by atoms with E-state index < -0.39 is 0 Å². The number of hydrogen-bond acceptors (Lipinski definition) is 3. The summed E-state index contributed by atoms with van der Waals surface area (Å²) in [5, 5.41) is 5.66. The lowest BCUT2D eigenvalue weighted by atomic mass is 9.73. The van der Waals surface area contributed by atoms with Crippen LogP contribution in [0.15, 0.2) is 162 Å². The van der Waals surface area contributed by atoms with Gasteiger partial charge >= 0.3 is 0 Å². The highest BCUT2D eigenvalue weighted by Crippen LogP contribution is 2.52. The Hall–Kier alpha value is -6.19. The van der Waals surface area contributed by atoms with E-state index >= 15 is 0 Å². The molecule has 7 aromatic carbocycles. The molecule has 0 saturated carbocycles. The SMILES string of the molecule is CC1(C)c2ccccc2N(c2cccc(-c3cccc4c3oc3ccc5c(-c6ccccc6)nc6ccccc6c5c34)c2)c2ccccc21. The molecule has 0 fully saturated rings. The highest BCUT2D eigenvalue weighted by atomic mass is 16.3. The Morgan fingerprint density at radius 2 is 1.18 bits per heavy atom. The number of benzene rings is 7. The first-order valence-electron chi connectivity index (χ1n) is 16.9. The van der Waals surface area contributed by atoms with Gasteiger partial charge in [0.1, 0.15) is 11.2 Å². The lowest BCUT2D eigenvalue weighted by Crippen LogP contribution is -2.30. The van der Waals surface area contributed by atoms with Crippen LogP contribution in [0.1, 0.15) is 25.0 Å². The fraction of sp³-hybridized carbons (Fsp3) is 0.0652. The highest BCUT2D eigenvalue weighted by Gasteiger charge is 2.36. The minimum Gasteiger partial charge on any atom is -0.455 e. The van der Waals surface area contributed by atoms with Crippen molar-refractivity contribution in [3.63, 3.8) is 0 Å². The van der Waals surface area contributed by atoms with Crippen molar-refractivity contribution in [1.82, 2.24) is 4.98 Å². The maximum atomic E-state index is 6.83. The van der Waals surface area contributed by atoms with E-state index in [-0.39, 0.29) is 5.41 Å². The molecule has 232 valence electrons. The van der Waals surface area contributed by atoms with Crippen molar-refractivity contribution in [3.05, 3.63) is 169 Å². The van der Waals surface area contributed by atoms with Crippen LogP contribution in [-0.2, 0) is 5.41 Å². The molecule has 0 aliphatic carbocycles. The Bertz CT molecular complexity index is 2710. The van der Waals surface area contributed by atoms with Gasteiger partial charge in [-0.3, -0.25) is 0 Å². The average Bonchev–Trinajstić information content (AvgIpc) is 3.54. The van der Waals surface area contributed by atoms with Gasteiger partial charge in [0.15, 0.2) is 0 Å². The summed E-state index contributed by atoms with van der Waals surface area (Å²) in [4.78, 5) is 7.58. The maximum absolute atomic E-state index is 6.83. The first-order valence-corrected chi connectivity index (χ1v) is 16.9. The van der Waals surface area contributed by atoms with Crippen molar-refractivity contribution in [2.75, 3.05) is 4.90 Å². The van der Waals surface area contributed by atoms with E-state index in [1.807, 2.05) is 0 Å². The zero-order valence-corrected chi connectivity index (χ0v) is 27.3. The topological polar surface area (TPSA) is 29.3 Å². The summed E-state index contributed by atoms with van der Waals surface area (Å²) in [6, 6.07) is 56.2. The quantitative estimate of drug-likeness (QED) is 0.182. The van der Waals surface area contributed by atoms with E-state index in [9.17, 15) is 0 Å². The Kier molecular flexibility index (Phi) is 5.92. The lowest BCUT2D eigenvalue weighted by Gasteiger charge is -2.42. The summed E-state index contributed by atoms with van der Waals surface area (Å²) in [5.41, 5.74) is 13.1. The Balaban J connectivity index is 1.21. The zero-order chi connectivity index (χ0) is 32.7. The molecule has 0 N–H and O–H groups in total. The highest BCUT2D eigenvalue weighted by molar-refractivity contribution is 6.29. The number of para-hydroxylation sites is 4. The minimum absolute atomic E-state index is 0.107. The molecule has 10 rings (SSSR count). The molecule has 0 spiro atoms. The number of rotatable bonds is 3. The fourth-order valence-corrected chi connectivity index (χ4v) is 8.13. The Morgan fingerprint density at radius 3 is 1.98 bits per heavy atom. The Labute approximate surface area is 284 Å². The molecule has 1 aliphatic heterocycles. The third-order valence-corrected chi connectivity index (χ3v) is 10.4. The molecule has 3 heterocycles. The van der Waals surface area contributed by atoms with Gasteiger partial charge in [0.25, 0.3) is 0 Å². The monoisotopic (exact) mass is 628 g/mol. The van der Waals surface area contributed by atoms with Gasteiger partial charge in [-0.25, -0.2) is 4.98 Å². The molecule has 3 heteroatoms. The van der Waals surface area contributed by atoms with E-state index in [4.69, 9.17) is 9.40 Å². The standard InChI is InChI=1S/C46H32N2O/c1-46(2)36-21-7-10-24-39(36)48(40-25-11-8-22-37(40)46)31-17-12-16-30(28-31)32-19-13-20-35-43-41(49-45(32)35)27-26-34-42(43)33-18-6-9-23-38(33)47-44(34)29-14-4-3-5-15-29/h3-28H,1-2H3. The molecular formula is C46H32N2O. The van der Waals surface area contributed by atoms with Crippen LogP contribution in [0.4, 0.5) is 17.1 Å². The number of anilines is 3. The van der Waals surface area contributed by atoms with Crippen molar-refractivity contribution in [2.24, 2.45) is 0 Å². The second-order valence-corrected chi connectivity index (χ2v) is 13.5. The van der Waals surface area contributed by atoms with Crippen LogP contribution < -0.4 is 4.90 Å². The van der Waals surface area contributed by atoms with Crippen LogP contribution in [0, 0.1) is 0 Å². The van der Waals surface area contributed by atoms with E-state index in [0.29, 0.717) is 0 Å². The van der Waals surface area contributed by atoms with Gasteiger partial charge in [-0.2, -0.15) is 0 Å². The number of hydrogen-bond donors (Lipinski definition) is 0. The van der Waals surface area contributed by atoms with Crippen LogP contribution in [0.5, 0.6) is 0 Å². The number of nitrogens with zero attached hydrogens (tertiary/aromatic N) is 2. The molecular weight excluding hydrogens is 597 g/mol. The molecule has 0 atom stereocenters. The van der Waals surface area contributed by atoms with Gasteiger partial charge in [0.2, 0.25) is 0 Å². The van der Waals surface area contributed by atoms with E-state index in [0.717, 1.165) is 66.3 Å². The molecule has 0 unspecified atom stereocenters. The predicted molar refractivity (Wildman–Crippen MR) is 204 cm³/mol. The first kappa shape index (κ1) is 27.9. The van der Waals surface area contributed by atoms with Crippen molar-refractivity contribution < 1.29 is 4.42 Å². The average molecular weight is 629 g/mol. The van der Waals surface area contributed by atoms with Crippen molar-refractivity contribution in [1.29, 1.82) is 0 Å². The largest absolute Gasteiger partial charge is 0.455 e. The van der Waals surface area contributed by atoms with Crippen LogP contribution in [0.2, 0.25) is 0 Å². The summed E-state index contributed by atoms with van der Waals surface area (Å²) in [6.45, 7) is 4.65. The normalized spacial score (nSPS) is 13.6. The summed E-state index contributed by atoms with van der Waals surface area (Å²) >= 11 is 0. The summed E-state index contributed by atoms with van der Waals surface area (Å²) in [6.07, 6.45) is 0. The number of pyridine rings is 1. The van der Waals surface area contributed by atoms with Gasteiger partial charge in [0, 0.05) is 49.2 Å². The van der Waals surface area contributed by atoms with Gasteiger partial charge in [0.05, 0.1) is 22.6 Å². The third kappa shape index (κ3) is 4.06. The van der Waals surface area contributed by atoms with E-state index in [1.54, 1.807) is 0 Å². The number of furan rings is 1. The molecule has 0 radical (unpaired) electrons. The minimum atomic E-state index is -0.107. The smallest absolute Gasteiger partial charge is 0.143 e. The van der Waals surface area contributed by atoms with Gasteiger partial charge in [-0.15, -0.1) is 0 Å². The molecule has 49 heavy (non-hydrogen) atoms. The third-order valence-electron chi connectivity index (χ3n) is 10.4.